The summed E-state index contributed by atoms with van der Waals surface area (Å²) in [5.74, 6) is 0.367. The van der Waals surface area contributed by atoms with Gasteiger partial charge in [-0.15, -0.1) is 0 Å². The van der Waals surface area contributed by atoms with Crippen LogP contribution in [0.15, 0.2) is 60.7 Å². The second-order valence-electron chi connectivity index (χ2n) is 6.39. The van der Waals surface area contributed by atoms with E-state index in [-0.39, 0.29) is 6.61 Å². The summed E-state index contributed by atoms with van der Waals surface area (Å²) in [6.45, 7) is 0.161. The van der Waals surface area contributed by atoms with Crippen LogP contribution in [0.25, 0.3) is 23.2 Å². The maximum atomic E-state index is 6.27. The second-order valence-corrected chi connectivity index (χ2v) is 8.05. The molecule has 0 fully saturated rings. The van der Waals surface area contributed by atoms with Crippen molar-refractivity contribution in [1.29, 1.82) is 0 Å². The van der Waals surface area contributed by atoms with Crippen LogP contribution >= 0.6 is 46.4 Å². The normalized spacial score (nSPS) is 11.3. The summed E-state index contributed by atoms with van der Waals surface area (Å²) in [6, 6.07) is 18.2. The van der Waals surface area contributed by atoms with Crippen molar-refractivity contribution in [1.82, 2.24) is 9.97 Å². The molecule has 3 nitrogen and oxygen atoms in total. The Hall–Kier alpha value is -2.30. The third kappa shape index (κ3) is 4.71. The molecule has 0 spiro atoms. The Balaban J connectivity index is 1.71. The number of benzene rings is 3. The summed E-state index contributed by atoms with van der Waals surface area (Å²) < 4.78 is 5.98. The van der Waals surface area contributed by atoms with Gasteiger partial charge in [0.15, 0.2) is 0 Å². The van der Waals surface area contributed by atoms with Gasteiger partial charge in [0.1, 0.15) is 12.3 Å². The third-order valence-corrected chi connectivity index (χ3v) is 5.63. The lowest BCUT2D eigenvalue weighted by molar-refractivity contribution is 0.293. The topological polar surface area (TPSA) is 35.0 Å². The molecule has 1 aromatic heterocycles. The summed E-state index contributed by atoms with van der Waals surface area (Å²) in [4.78, 5) is 9.31. The van der Waals surface area contributed by atoms with Gasteiger partial charge in [-0.3, -0.25) is 0 Å². The Morgan fingerprint density at radius 1 is 0.733 bits per heavy atom. The summed E-state index contributed by atoms with van der Waals surface area (Å²) >= 11 is 24.8. The molecule has 0 aliphatic heterocycles. The second kappa shape index (κ2) is 9.23. The fourth-order valence-corrected chi connectivity index (χ4v) is 3.81. The van der Waals surface area contributed by atoms with Crippen LogP contribution in [0.3, 0.4) is 0 Å². The summed E-state index contributed by atoms with van der Waals surface area (Å²) in [7, 11) is 0. The first-order chi connectivity index (χ1) is 14.5. The van der Waals surface area contributed by atoms with Crippen LogP contribution in [0, 0.1) is 0 Å². The minimum Gasteiger partial charge on any atom is -0.471 e. The van der Waals surface area contributed by atoms with Crippen molar-refractivity contribution in [3.8, 4) is 5.88 Å². The number of rotatable bonds is 5. The number of ether oxygens (including phenoxy) is 1. The highest BCUT2D eigenvalue weighted by atomic mass is 35.5. The van der Waals surface area contributed by atoms with Crippen LogP contribution in [0.4, 0.5) is 0 Å². The van der Waals surface area contributed by atoms with Gasteiger partial charge in [-0.25, -0.2) is 9.97 Å². The van der Waals surface area contributed by atoms with E-state index in [9.17, 15) is 0 Å². The molecule has 1 heterocycles. The van der Waals surface area contributed by atoms with Gasteiger partial charge in [-0.1, -0.05) is 76.7 Å². The first kappa shape index (κ1) is 21.0. The minimum atomic E-state index is 0.161. The first-order valence-electron chi connectivity index (χ1n) is 8.97. The first-order valence-corrected chi connectivity index (χ1v) is 10.5. The lowest BCUT2D eigenvalue weighted by Gasteiger charge is -2.11. The Morgan fingerprint density at radius 2 is 1.43 bits per heavy atom. The monoisotopic (exact) mass is 474 g/mol. The molecule has 0 saturated carbocycles. The SMILES string of the molecule is Clc1ccc(C=Cc2nc3ccccc3nc2OCc2c(Cl)cccc2Cl)c(Cl)c1. The van der Waals surface area contributed by atoms with Crippen LogP contribution in [0.2, 0.25) is 20.1 Å². The van der Waals surface area contributed by atoms with Crippen molar-refractivity contribution < 1.29 is 4.74 Å². The van der Waals surface area contributed by atoms with Gasteiger partial charge < -0.3 is 4.74 Å². The Bertz CT molecular complexity index is 1240. The number of nitrogens with zero attached hydrogens (tertiary/aromatic N) is 2. The molecule has 0 saturated heterocycles. The zero-order chi connectivity index (χ0) is 21.1. The molecule has 3 aromatic carbocycles. The van der Waals surface area contributed by atoms with E-state index in [1.807, 2.05) is 36.4 Å². The molecular weight excluding hydrogens is 462 g/mol. The fraction of sp³-hybridized carbons (Fsp3) is 0.0435. The quantitative estimate of drug-likeness (QED) is 0.293. The maximum absolute atomic E-state index is 6.27. The van der Waals surface area contributed by atoms with Crippen LogP contribution in [0.1, 0.15) is 16.8 Å². The molecule has 0 N–H and O–H groups in total. The lowest BCUT2D eigenvalue weighted by Crippen LogP contribution is -2.02. The number of para-hydroxylation sites is 2. The molecule has 0 unspecified atom stereocenters. The van der Waals surface area contributed by atoms with Gasteiger partial charge in [0.25, 0.3) is 0 Å². The van der Waals surface area contributed by atoms with Crippen LogP contribution in [0.5, 0.6) is 5.88 Å². The van der Waals surface area contributed by atoms with E-state index in [2.05, 4.69) is 9.97 Å². The molecule has 4 aromatic rings. The number of hydrogen-bond acceptors (Lipinski definition) is 3. The van der Waals surface area contributed by atoms with Crippen molar-refractivity contribution in [2.45, 2.75) is 6.61 Å². The Morgan fingerprint density at radius 3 is 2.13 bits per heavy atom. The molecule has 0 bridgehead atoms. The van der Waals surface area contributed by atoms with Crippen molar-refractivity contribution in [2.75, 3.05) is 0 Å². The zero-order valence-electron chi connectivity index (χ0n) is 15.4. The maximum Gasteiger partial charge on any atom is 0.240 e. The van der Waals surface area contributed by atoms with E-state index < -0.39 is 0 Å². The van der Waals surface area contributed by atoms with Gasteiger partial charge >= 0.3 is 0 Å². The van der Waals surface area contributed by atoms with Crippen LogP contribution in [-0.4, -0.2) is 9.97 Å². The predicted octanol–water partition coefficient (Wildman–Crippen LogP) is 7.99. The van der Waals surface area contributed by atoms with Gasteiger partial charge in [0.2, 0.25) is 5.88 Å². The summed E-state index contributed by atoms with van der Waals surface area (Å²) in [6.07, 6.45) is 3.64. The summed E-state index contributed by atoms with van der Waals surface area (Å²) in [5, 5.41) is 2.17. The number of fused-ring (bicyclic) bond motifs is 1. The highest BCUT2D eigenvalue weighted by molar-refractivity contribution is 6.36. The van der Waals surface area contributed by atoms with E-state index in [1.165, 1.54) is 0 Å². The van der Waals surface area contributed by atoms with Crippen molar-refractivity contribution >= 4 is 69.6 Å². The van der Waals surface area contributed by atoms with E-state index in [1.54, 1.807) is 36.4 Å². The molecule has 150 valence electrons. The smallest absolute Gasteiger partial charge is 0.240 e. The molecule has 7 heteroatoms. The largest absolute Gasteiger partial charge is 0.471 e. The average molecular weight is 476 g/mol. The number of aromatic nitrogens is 2. The van der Waals surface area contributed by atoms with E-state index in [4.69, 9.17) is 51.1 Å². The molecule has 4 rings (SSSR count). The van der Waals surface area contributed by atoms with E-state index >= 15 is 0 Å². The van der Waals surface area contributed by atoms with Crippen LogP contribution in [-0.2, 0) is 6.61 Å². The standard InChI is InChI=1S/C23H14Cl4N2O/c24-15-10-8-14(19(27)12-15)9-11-22-23(29-21-7-2-1-6-20(21)28-22)30-13-16-17(25)4-3-5-18(16)26/h1-12H,13H2. The number of hydrogen-bond donors (Lipinski definition) is 0. The highest BCUT2D eigenvalue weighted by Crippen LogP contribution is 2.28. The Kier molecular flexibility index (Phi) is 6.45. The van der Waals surface area contributed by atoms with Gasteiger partial charge in [0.05, 0.1) is 11.0 Å². The third-order valence-electron chi connectivity index (χ3n) is 4.36. The van der Waals surface area contributed by atoms with Crippen molar-refractivity contribution in [3.05, 3.63) is 97.6 Å². The Labute approximate surface area is 193 Å². The predicted molar refractivity (Wildman–Crippen MR) is 126 cm³/mol. The minimum absolute atomic E-state index is 0.161. The molecule has 0 aliphatic carbocycles. The molecule has 30 heavy (non-hydrogen) atoms. The fourth-order valence-electron chi connectivity index (χ4n) is 2.83. The highest BCUT2D eigenvalue weighted by Gasteiger charge is 2.12. The molecule has 0 radical (unpaired) electrons. The lowest BCUT2D eigenvalue weighted by atomic mass is 10.2. The number of halogens is 4. The molecular formula is C23H14Cl4N2O. The molecule has 0 aliphatic rings. The average Bonchev–Trinajstić information content (AvgIpc) is 2.72. The van der Waals surface area contributed by atoms with Crippen molar-refractivity contribution in [2.24, 2.45) is 0 Å². The van der Waals surface area contributed by atoms with Crippen LogP contribution < -0.4 is 4.74 Å². The van der Waals surface area contributed by atoms with Gasteiger partial charge in [0, 0.05) is 25.7 Å². The van der Waals surface area contributed by atoms with E-state index in [0.717, 1.165) is 16.6 Å². The van der Waals surface area contributed by atoms with Gasteiger partial charge in [-0.2, -0.15) is 0 Å². The molecule has 0 amide bonds. The molecule has 0 atom stereocenters. The zero-order valence-corrected chi connectivity index (χ0v) is 18.5. The summed E-state index contributed by atoms with van der Waals surface area (Å²) in [5.41, 5.74) is 3.52. The van der Waals surface area contributed by atoms with Crippen molar-refractivity contribution in [3.63, 3.8) is 0 Å². The van der Waals surface area contributed by atoms with E-state index in [0.29, 0.717) is 37.2 Å². The van der Waals surface area contributed by atoms with Gasteiger partial charge in [-0.05, 0) is 48.0 Å².